The molecule has 0 bridgehead atoms. The highest BCUT2D eigenvalue weighted by molar-refractivity contribution is 5.91. The van der Waals surface area contributed by atoms with Crippen LogP contribution in [-0.2, 0) is 16.6 Å². The molecular weight excluding hydrogens is 258 g/mol. The number of hydrogen-bond acceptors (Lipinski definition) is 2. The minimum atomic E-state index is -1.11. The number of carbonyl (C=O) groups is 1. The Kier molecular flexibility index (Phi) is 4.23. The third kappa shape index (κ3) is 2.87. The molecule has 2 aromatic rings. The number of Topliss-reactive ketones (excluding diaryl/α,β-unsaturated/α-hetero) is 1. The maximum atomic E-state index is 12.3. The molecule has 0 aliphatic carbocycles. The number of aryl methyl sites for hydroxylation is 2. The van der Waals surface area contributed by atoms with E-state index in [0.717, 1.165) is 22.3 Å². The van der Waals surface area contributed by atoms with Gasteiger partial charge in [-0.05, 0) is 37.5 Å². The van der Waals surface area contributed by atoms with Crippen LogP contribution in [0.1, 0.15) is 29.2 Å². The predicted molar refractivity (Wildman–Crippen MR) is 84.0 cm³/mol. The number of hydrogen-bond donors (Lipinski definition) is 0. The zero-order chi connectivity index (χ0) is 15.5. The van der Waals surface area contributed by atoms with E-state index >= 15 is 0 Å². The van der Waals surface area contributed by atoms with Crippen LogP contribution in [0, 0.1) is 25.2 Å². The van der Waals surface area contributed by atoms with E-state index in [1.165, 1.54) is 6.92 Å². The Labute approximate surface area is 126 Å². The first kappa shape index (κ1) is 15.0. The monoisotopic (exact) mass is 277 g/mol. The number of ketones is 1. The first-order valence-corrected chi connectivity index (χ1v) is 7.03. The summed E-state index contributed by atoms with van der Waals surface area (Å²) in [5.41, 5.74) is 2.95. The molecule has 0 aliphatic heterocycles. The van der Waals surface area contributed by atoms with Crippen LogP contribution in [0.15, 0.2) is 48.5 Å². The number of carbonyl (C=O) groups excluding carboxylic acids is 1. The van der Waals surface area contributed by atoms with Crippen molar-refractivity contribution in [2.24, 2.45) is 0 Å². The van der Waals surface area contributed by atoms with Crippen LogP contribution in [0.4, 0.5) is 0 Å². The Balaban J connectivity index is 2.55. The first-order chi connectivity index (χ1) is 9.99. The van der Waals surface area contributed by atoms with Gasteiger partial charge in [-0.15, -0.1) is 0 Å². The molecule has 21 heavy (non-hydrogen) atoms. The highest BCUT2D eigenvalue weighted by Crippen LogP contribution is 2.30. The van der Waals surface area contributed by atoms with Gasteiger partial charge in [0, 0.05) is 6.42 Å². The predicted octanol–water partition coefficient (Wildman–Crippen LogP) is 3.90. The second kappa shape index (κ2) is 5.93. The summed E-state index contributed by atoms with van der Waals surface area (Å²) in [7, 11) is 0. The third-order valence-corrected chi connectivity index (χ3v) is 4.02. The quantitative estimate of drug-likeness (QED) is 0.850. The Bertz CT molecular complexity index is 697. The van der Waals surface area contributed by atoms with Crippen molar-refractivity contribution in [3.63, 3.8) is 0 Å². The molecule has 0 aromatic heterocycles. The fraction of sp³-hybridized carbons (Fsp3) is 0.263. The lowest BCUT2D eigenvalue weighted by Gasteiger charge is -2.25. The highest BCUT2D eigenvalue weighted by atomic mass is 16.1. The first-order valence-electron chi connectivity index (χ1n) is 7.03. The van der Waals surface area contributed by atoms with E-state index in [0.29, 0.717) is 6.42 Å². The third-order valence-electron chi connectivity index (χ3n) is 4.02. The Hall–Kier alpha value is -2.40. The van der Waals surface area contributed by atoms with Crippen LogP contribution in [0.25, 0.3) is 0 Å². The fourth-order valence-corrected chi connectivity index (χ4v) is 2.61. The smallest absolute Gasteiger partial charge is 0.154 e. The highest BCUT2D eigenvalue weighted by Gasteiger charge is 2.38. The summed E-state index contributed by atoms with van der Waals surface area (Å²) < 4.78 is 0. The summed E-state index contributed by atoms with van der Waals surface area (Å²) in [6.07, 6.45) is 0.413. The van der Waals surface area contributed by atoms with Gasteiger partial charge in [0.05, 0.1) is 6.07 Å². The molecule has 2 nitrogen and oxygen atoms in total. The minimum Gasteiger partial charge on any atom is -0.298 e. The average molecular weight is 277 g/mol. The van der Waals surface area contributed by atoms with Gasteiger partial charge in [-0.3, -0.25) is 4.79 Å². The van der Waals surface area contributed by atoms with Crippen molar-refractivity contribution < 1.29 is 4.79 Å². The number of rotatable bonds is 4. The molecule has 0 saturated carbocycles. The molecule has 0 heterocycles. The van der Waals surface area contributed by atoms with Gasteiger partial charge in [0.25, 0.3) is 0 Å². The second-order valence-corrected chi connectivity index (χ2v) is 5.55. The SMILES string of the molecule is CC(=O)C(C#N)(Cc1cc(C)ccc1C)c1ccccc1. The molecule has 0 amide bonds. The summed E-state index contributed by atoms with van der Waals surface area (Å²) in [5, 5.41) is 9.75. The van der Waals surface area contributed by atoms with Gasteiger partial charge in [-0.1, -0.05) is 54.1 Å². The minimum absolute atomic E-state index is 0.114. The summed E-state index contributed by atoms with van der Waals surface area (Å²) >= 11 is 0. The lowest BCUT2D eigenvalue weighted by molar-refractivity contribution is -0.120. The average Bonchev–Trinajstić information content (AvgIpc) is 2.49. The molecular formula is C19H19NO. The standard InChI is InChI=1S/C19H19NO/c1-14-9-10-15(2)17(11-14)12-19(13-20,16(3)21)18-7-5-4-6-8-18/h4-11H,12H2,1-3H3. The lowest BCUT2D eigenvalue weighted by atomic mass is 9.73. The van der Waals surface area contributed by atoms with Gasteiger partial charge in [-0.2, -0.15) is 5.26 Å². The molecule has 1 unspecified atom stereocenters. The molecule has 0 spiro atoms. The van der Waals surface area contributed by atoms with Crippen molar-refractivity contribution >= 4 is 5.78 Å². The molecule has 2 heteroatoms. The van der Waals surface area contributed by atoms with Crippen molar-refractivity contribution in [1.82, 2.24) is 0 Å². The van der Waals surface area contributed by atoms with E-state index in [-0.39, 0.29) is 5.78 Å². The zero-order valence-electron chi connectivity index (χ0n) is 12.7. The van der Waals surface area contributed by atoms with Crippen molar-refractivity contribution in [2.45, 2.75) is 32.6 Å². The van der Waals surface area contributed by atoms with E-state index < -0.39 is 5.41 Å². The number of benzene rings is 2. The van der Waals surface area contributed by atoms with Crippen molar-refractivity contribution in [3.05, 3.63) is 70.8 Å². The van der Waals surface area contributed by atoms with Crippen LogP contribution in [0.2, 0.25) is 0 Å². The molecule has 0 N–H and O–H groups in total. The van der Waals surface area contributed by atoms with Crippen molar-refractivity contribution in [3.8, 4) is 6.07 Å². The Morgan fingerprint density at radius 3 is 2.38 bits per heavy atom. The van der Waals surface area contributed by atoms with Crippen molar-refractivity contribution in [1.29, 1.82) is 5.26 Å². The summed E-state index contributed by atoms with van der Waals surface area (Å²) in [6, 6.07) is 17.8. The van der Waals surface area contributed by atoms with Gasteiger partial charge >= 0.3 is 0 Å². The summed E-state index contributed by atoms with van der Waals surface area (Å²) in [4.78, 5) is 12.3. The van der Waals surface area contributed by atoms with Crippen LogP contribution in [0.5, 0.6) is 0 Å². The molecule has 2 rings (SSSR count). The van der Waals surface area contributed by atoms with Crippen LogP contribution in [0.3, 0.4) is 0 Å². The summed E-state index contributed by atoms with van der Waals surface area (Å²) in [6.45, 7) is 5.54. The Morgan fingerprint density at radius 1 is 1.14 bits per heavy atom. The molecule has 0 aliphatic rings. The molecule has 0 saturated heterocycles. The molecule has 2 aromatic carbocycles. The van der Waals surface area contributed by atoms with E-state index in [4.69, 9.17) is 0 Å². The second-order valence-electron chi connectivity index (χ2n) is 5.55. The normalized spacial score (nSPS) is 13.2. The number of nitrogens with zero attached hydrogens (tertiary/aromatic N) is 1. The topological polar surface area (TPSA) is 40.9 Å². The van der Waals surface area contributed by atoms with Crippen LogP contribution >= 0.6 is 0 Å². The lowest BCUT2D eigenvalue weighted by Crippen LogP contribution is -2.35. The van der Waals surface area contributed by atoms with Gasteiger partial charge in [-0.25, -0.2) is 0 Å². The van der Waals surface area contributed by atoms with Gasteiger partial charge < -0.3 is 0 Å². The Morgan fingerprint density at radius 2 is 1.81 bits per heavy atom. The summed E-state index contributed by atoms with van der Waals surface area (Å²) in [5.74, 6) is -0.114. The fourth-order valence-electron chi connectivity index (χ4n) is 2.61. The van der Waals surface area contributed by atoms with Gasteiger partial charge in [0.15, 0.2) is 5.78 Å². The maximum Gasteiger partial charge on any atom is 0.154 e. The number of nitriles is 1. The van der Waals surface area contributed by atoms with Crippen molar-refractivity contribution in [2.75, 3.05) is 0 Å². The molecule has 0 radical (unpaired) electrons. The van der Waals surface area contributed by atoms with E-state index in [9.17, 15) is 10.1 Å². The molecule has 0 fully saturated rings. The van der Waals surface area contributed by atoms with Crippen LogP contribution in [-0.4, -0.2) is 5.78 Å². The molecule has 1 atom stereocenters. The van der Waals surface area contributed by atoms with E-state index in [1.54, 1.807) is 0 Å². The van der Waals surface area contributed by atoms with Crippen LogP contribution < -0.4 is 0 Å². The largest absolute Gasteiger partial charge is 0.298 e. The zero-order valence-corrected chi connectivity index (χ0v) is 12.7. The van der Waals surface area contributed by atoms with E-state index in [1.807, 2.05) is 56.3 Å². The van der Waals surface area contributed by atoms with E-state index in [2.05, 4.69) is 12.1 Å². The van der Waals surface area contributed by atoms with Gasteiger partial charge in [0.2, 0.25) is 0 Å². The maximum absolute atomic E-state index is 12.3. The van der Waals surface area contributed by atoms with Gasteiger partial charge in [0.1, 0.15) is 5.41 Å². The molecule has 106 valence electrons.